The van der Waals surface area contributed by atoms with Crippen molar-refractivity contribution in [3.05, 3.63) is 22.7 Å². The van der Waals surface area contributed by atoms with E-state index >= 15 is 0 Å². The SMILES string of the molecule is CCNCC1CC1c1cc(Cl)c2c(c1)OCCO2. The van der Waals surface area contributed by atoms with Crippen LogP contribution in [0.25, 0.3) is 0 Å². The minimum absolute atomic E-state index is 0.582. The summed E-state index contributed by atoms with van der Waals surface area (Å²) in [6, 6.07) is 4.13. The number of halogens is 1. The molecule has 3 nitrogen and oxygen atoms in total. The summed E-state index contributed by atoms with van der Waals surface area (Å²) in [5.41, 5.74) is 1.28. The molecule has 0 amide bonds. The Morgan fingerprint density at radius 1 is 1.33 bits per heavy atom. The zero-order chi connectivity index (χ0) is 12.5. The van der Waals surface area contributed by atoms with E-state index in [1.54, 1.807) is 0 Å². The van der Waals surface area contributed by atoms with Gasteiger partial charge in [0.15, 0.2) is 11.5 Å². The van der Waals surface area contributed by atoms with Gasteiger partial charge in [-0.2, -0.15) is 0 Å². The zero-order valence-electron chi connectivity index (χ0n) is 10.5. The van der Waals surface area contributed by atoms with Crippen LogP contribution in [0, 0.1) is 5.92 Å². The van der Waals surface area contributed by atoms with Crippen LogP contribution >= 0.6 is 11.6 Å². The van der Waals surface area contributed by atoms with E-state index in [1.807, 2.05) is 6.07 Å². The van der Waals surface area contributed by atoms with Gasteiger partial charge < -0.3 is 14.8 Å². The Hall–Kier alpha value is -0.930. The Morgan fingerprint density at radius 2 is 2.17 bits per heavy atom. The lowest BCUT2D eigenvalue weighted by atomic mass is 10.1. The van der Waals surface area contributed by atoms with Crippen LogP contribution in [0.5, 0.6) is 11.5 Å². The summed E-state index contributed by atoms with van der Waals surface area (Å²) in [5, 5.41) is 4.08. The first-order valence-corrected chi connectivity index (χ1v) is 6.97. The van der Waals surface area contributed by atoms with Crippen LogP contribution in [0.2, 0.25) is 5.02 Å². The van der Waals surface area contributed by atoms with Gasteiger partial charge in [0.1, 0.15) is 13.2 Å². The highest BCUT2D eigenvalue weighted by Crippen LogP contribution is 2.50. The molecule has 0 radical (unpaired) electrons. The summed E-state index contributed by atoms with van der Waals surface area (Å²) in [6.45, 7) is 5.45. The van der Waals surface area contributed by atoms with Gasteiger partial charge in [-0.25, -0.2) is 0 Å². The first-order valence-electron chi connectivity index (χ1n) is 6.59. The van der Waals surface area contributed by atoms with E-state index in [0.29, 0.717) is 29.9 Å². The summed E-state index contributed by atoms with van der Waals surface area (Å²) in [6.07, 6.45) is 1.24. The first kappa shape index (κ1) is 12.1. The third kappa shape index (κ3) is 2.29. The molecule has 1 fully saturated rings. The number of hydrogen-bond acceptors (Lipinski definition) is 3. The fourth-order valence-electron chi connectivity index (χ4n) is 2.56. The van der Waals surface area contributed by atoms with Crippen LogP contribution in [0.3, 0.4) is 0 Å². The molecule has 1 heterocycles. The topological polar surface area (TPSA) is 30.5 Å². The maximum atomic E-state index is 6.25. The van der Waals surface area contributed by atoms with E-state index in [0.717, 1.165) is 24.8 Å². The third-order valence-electron chi connectivity index (χ3n) is 3.63. The molecule has 0 aromatic heterocycles. The molecule has 0 bridgehead atoms. The number of ether oxygens (including phenoxy) is 2. The quantitative estimate of drug-likeness (QED) is 0.910. The van der Waals surface area contributed by atoms with Gasteiger partial charge in [-0.3, -0.25) is 0 Å². The van der Waals surface area contributed by atoms with Crippen molar-refractivity contribution in [2.45, 2.75) is 19.3 Å². The molecule has 98 valence electrons. The van der Waals surface area contributed by atoms with Crippen molar-refractivity contribution in [2.24, 2.45) is 5.92 Å². The number of hydrogen-bond donors (Lipinski definition) is 1. The third-order valence-corrected chi connectivity index (χ3v) is 3.91. The molecule has 0 spiro atoms. The predicted octanol–water partition coefficient (Wildman–Crippen LogP) is 2.82. The highest BCUT2D eigenvalue weighted by molar-refractivity contribution is 6.32. The monoisotopic (exact) mass is 267 g/mol. The largest absolute Gasteiger partial charge is 0.486 e. The Kier molecular flexibility index (Phi) is 3.35. The molecule has 1 N–H and O–H groups in total. The highest BCUT2D eigenvalue weighted by Gasteiger charge is 2.38. The summed E-state index contributed by atoms with van der Waals surface area (Å²) in [7, 11) is 0. The summed E-state index contributed by atoms with van der Waals surface area (Å²) < 4.78 is 11.1. The predicted molar refractivity (Wildman–Crippen MR) is 71.8 cm³/mol. The summed E-state index contributed by atoms with van der Waals surface area (Å²) >= 11 is 6.25. The molecule has 2 unspecified atom stereocenters. The first-order chi connectivity index (χ1) is 8.79. The van der Waals surface area contributed by atoms with Gasteiger partial charge in [-0.1, -0.05) is 18.5 Å². The minimum atomic E-state index is 0.582. The van der Waals surface area contributed by atoms with Crippen LogP contribution in [0.15, 0.2) is 12.1 Å². The lowest BCUT2D eigenvalue weighted by Gasteiger charge is -2.20. The number of rotatable bonds is 4. The molecule has 0 saturated heterocycles. The molecule has 1 aliphatic carbocycles. The lowest BCUT2D eigenvalue weighted by Crippen LogP contribution is -2.17. The highest BCUT2D eigenvalue weighted by atomic mass is 35.5. The number of nitrogens with one attached hydrogen (secondary N) is 1. The second-order valence-electron chi connectivity index (χ2n) is 4.94. The Morgan fingerprint density at radius 3 is 3.00 bits per heavy atom. The van der Waals surface area contributed by atoms with E-state index in [-0.39, 0.29) is 0 Å². The lowest BCUT2D eigenvalue weighted by molar-refractivity contribution is 0.171. The normalized spacial score (nSPS) is 25.0. The molecule has 18 heavy (non-hydrogen) atoms. The summed E-state index contributed by atoms with van der Waals surface area (Å²) in [4.78, 5) is 0. The van der Waals surface area contributed by atoms with Crippen molar-refractivity contribution < 1.29 is 9.47 Å². The average Bonchev–Trinajstić information content (AvgIpc) is 3.16. The molecular formula is C14H18ClNO2. The van der Waals surface area contributed by atoms with Crippen molar-refractivity contribution >= 4 is 11.6 Å². The average molecular weight is 268 g/mol. The Labute approximate surface area is 112 Å². The fourth-order valence-corrected chi connectivity index (χ4v) is 2.83. The molecule has 3 rings (SSSR count). The van der Waals surface area contributed by atoms with Crippen molar-refractivity contribution in [2.75, 3.05) is 26.3 Å². The van der Waals surface area contributed by atoms with Crippen LogP contribution in [-0.4, -0.2) is 26.3 Å². The van der Waals surface area contributed by atoms with E-state index in [4.69, 9.17) is 21.1 Å². The van der Waals surface area contributed by atoms with Gasteiger partial charge in [0.05, 0.1) is 5.02 Å². The molecule has 1 saturated carbocycles. The van der Waals surface area contributed by atoms with Gasteiger partial charge >= 0.3 is 0 Å². The standard InChI is InChI=1S/C14H18ClNO2/c1-2-16-8-10-5-11(10)9-6-12(15)14-13(7-9)17-3-4-18-14/h6-7,10-11,16H,2-5,8H2,1H3. The molecule has 1 aliphatic heterocycles. The van der Waals surface area contributed by atoms with Crippen LogP contribution < -0.4 is 14.8 Å². The smallest absolute Gasteiger partial charge is 0.179 e. The second kappa shape index (κ2) is 4.98. The zero-order valence-corrected chi connectivity index (χ0v) is 11.3. The Bertz CT molecular complexity index is 450. The van der Waals surface area contributed by atoms with Crippen LogP contribution in [0.1, 0.15) is 24.8 Å². The maximum absolute atomic E-state index is 6.25. The summed E-state index contributed by atoms with van der Waals surface area (Å²) in [5.74, 6) is 2.87. The van der Waals surface area contributed by atoms with Gasteiger partial charge in [0, 0.05) is 0 Å². The van der Waals surface area contributed by atoms with E-state index in [2.05, 4.69) is 18.3 Å². The van der Waals surface area contributed by atoms with E-state index < -0.39 is 0 Å². The molecular weight excluding hydrogens is 250 g/mol. The number of benzene rings is 1. The number of fused-ring (bicyclic) bond motifs is 1. The van der Waals surface area contributed by atoms with Crippen LogP contribution in [0.4, 0.5) is 0 Å². The molecule has 2 aliphatic rings. The fraction of sp³-hybridized carbons (Fsp3) is 0.571. The molecule has 4 heteroatoms. The molecule has 1 aromatic rings. The minimum Gasteiger partial charge on any atom is -0.486 e. The van der Waals surface area contributed by atoms with Crippen molar-refractivity contribution in [3.63, 3.8) is 0 Å². The van der Waals surface area contributed by atoms with Gasteiger partial charge in [-0.05, 0) is 49.0 Å². The van der Waals surface area contributed by atoms with Gasteiger partial charge in [-0.15, -0.1) is 0 Å². The van der Waals surface area contributed by atoms with Crippen LogP contribution in [-0.2, 0) is 0 Å². The van der Waals surface area contributed by atoms with E-state index in [9.17, 15) is 0 Å². The Balaban J connectivity index is 1.76. The van der Waals surface area contributed by atoms with Crippen molar-refractivity contribution in [3.8, 4) is 11.5 Å². The maximum Gasteiger partial charge on any atom is 0.179 e. The molecule has 2 atom stereocenters. The second-order valence-corrected chi connectivity index (χ2v) is 5.34. The van der Waals surface area contributed by atoms with Gasteiger partial charge in [0.25, 0.3) is 0 Å². The van der Waals surface area contributed by atoms with Gasteiger partial charge in [0.2, 0.25) is 0 Å². The molecule has 1 aromatic carbocycles. The van der Waals surface area contributed by atoms with E-state index in [1.165, 1.54) is 12.0 Å². The van der Waals surface area contributed by atoms with Crippen molar-refractivity contribution in [1.82, 2.24) is 5.32 Å². The van der Waals surface area contributed by atoms with Crippen molar-refractivity contribution in [1.29, 1.82) is 0 Å².